The van der Waals surface area contributed by atoms with Gasteiger partial charge >= 0.3 is 5.91 Å². The normalized spacial score (nSPS) is 21.7. The number of amides is 1. The Hall–Kier alpha value is -2.77. The summed E-state index contributed by atoms with van der Waals surface area (Å²) in [5.41, 5.74) is 17.8. The molecule has 1 N–H and O–H groups in total. The first-order chi connectivity index (χ1) is 14.0. The molecule has 3 rings (SSSR count). The summed E-state index contributed by atoms with van der Waals surface area (Å²) in [4.78, 5) is 21.0. The molecule has 2 aromatic rings. The summed E-state index contributed by atoms with van der Waals surface area (Å²) in [5, 5.41) is 17.0. The lowest BCUT2D eigenvalue weighted by molar-refractivity contribution is 0.0985. The molecule has 0 atom stereocenters. The van der Waals surface area contributed by atoms with Crippen LogP contribution < -0.4 is 0 Å². The van der Waals surface area contributed by atoms with Crippen LogP contribution in [0.4, 0.5) is 0 Å². The second-order valence-corrected chi connectivity index (χ2v) is 7.91. The van der Waals surface area contributed by atoms with Crippen molar-refractivity contribution in [1.82, 2.24) is 4.98 Å². The van der Waals surface area contributed by atoms with E-state index in [0.29, 0.717) is 46.6 Å². The summed E-state index contributed by atoms with van der Waals surface area (Å²) in [6.45, 7) is 0.535. The number of aromatic amines is 1. The van der Waals surface area contributed by atoms with Crippen LogP contribution in [0.3, 0.4) is 0 Å². The van der Waals surface area contributed by atoms with Gasteiger partial charge < -0.3 is 4.98 Å². The monoisotopic (exact) mass is 433 g/mol. The van der Waals surface area contributed by atoms with Crippen molar-refractivity contribution in [2.75, 3.05) is 13.1 Å². The van der Waals surface area contributed by atoms with Crippen molar-refractivity contribution in [2.45, 2.75) is 31.7 Å². The van der Waals surface area contributed by atoms with E-state index >= 15 is 0 Å². The number of hydrogen-bond acceptors (Lipinski definition) is 4. The summed E-state index contributed by atoms with van der Waals surface area (Å²) in [6, 6.07) is 4.80. The van der Waals surface area contributed by atoms with Gasteiger partial charge in [0.15, 0.2) is 0 Å². The Morgan fingerprint density at radius 3 is 2.41 bits per heavy atom. The molecule has 1 aromatic heterocycles. The highest BCUT2D eigenvalue weighted by Crippen LogP contribution is 2.38. The first-order valence-corrected chi connectivity index (χ1v) is 9.67. The zero-order valence-electron chi connectivity index (χ0n) is 15.3. The SMILES string of the molecule is [N-]=[N+]=NCC1(CN=[N+]=[N-])CCC(N=NC(=O)c2cc3c(Cl)cc(Cl)cc3[nH]2)CC1. The van der Waals surface area contributed by atoms with Crippen molar-refractivity contribution >= 4 is 40.0 Å². The van der Waals surface area contributed by atoms with Crippen LogP contribution in [0.15, 0.2) is 38.7 Å². The maximum absolute atomic E-state index is 12.4. The molecular formula is C17H17Cl2N9O. The van der Waals surface area contributed by atoms with E-state index in [1.165, 1.54) is 0 Å². The average molecular weight is 434 g/mol. The molecule has 0 unspecified atom stereocenters. The summed E-state index contributed by atoms with van der Waals surface area (Å²) in [5.74, 6) is -0.492. The smallest absolute Gasteiger partial charge is 0.311 e. The van der Waals surface area contributed by atoms with Gasteiger partial charge in [-0.1, -0.05) is 33.4 Å². The van der Waals surface area contributed by atoms with Crippen LogP contribution >= 0.6 is 23.2 Å². The van der Waals surface area contributed by atoms with E-state index in [1.807, 2.05) is 0 Å². The third kappa shape index (κ3) is 4.99. The van der Waals surface area contributed by atoms with Crippen molar-refractivity contribution in [3.05, 3.63) is 54.8 Å². The molecule has 150 valence electrons. The maximum Gasteiger partial charge on any atom is 0.311 e. The zero-order chi connectivity index (χ0) is 20.9. The highest BCUT2D eigenvalue weighted by atomic mass is 35.5. The average Bonchev–Trinajstić information content (AvgIpc) is 3.14. The number of nitrogens with one attached hydrogen (secondary N) is 1. The maximum atomic E-state index is 12.4. The van der Waals surface area contributed by atoms with Crippen molar-refractivity contribution in [2.24, 2.45) is 25.9 Å². The van der Waals surface area contributed by atoms with Crippen molar-refractivity contribution in [3.63, 3.8) is 0 Å². The van der Waals surface area contributed by atoms with Gasteiger partial charge in [-0.25, -0.2) is 0 Å². The van der Waals surface area contributed by atoms with Gasteiger partial charge in [-0.3, -0.25) is 4.79 Å². The number of H-pyrrole nitrogens is 1. The number of rotatable bonds is 6. The number of fused-ring (bicyclic) bond motifs is 1. The molecule has 10 nitrogen and oxygen atoms in total. The number of nitrogens with zero attached hydrogens (tertiary/aromatic N) is 8. The number of carbonyl (C=O) groups is 1. The van der Waals surface area contributed by atoms with Gasteiger partial charge in [-0.2, -0.15) is 5.11 Å². The number of benzene rings is 1. The first kappa shape index (κ1) is 21.0. The molecule has 0 aliphatic heterocycles. The summed E-state index contributed by atoms with van der Waals surface area (Å²) < 4.78 is 0. The summed E-state index contributed by atoms with van der Waals surface area (Å²) in [7, 11) is 0. The molecule has 0 saturated heterocycles. The Labute approximate surface area is 175 Å². The fourth-order valence-corrected chi connectivity index (χ4v) is 4.07. The number of azide groups is 2. The number of carbonyl (C=O) groups excluding carboxylic acids is 1. The van der Waals surface area contributed by atoms with E-state index in [-0.39, 0.29) is 30.2 Å². The second kappa shape index (κ2) is 9.15. The summed E-state index contributed by atoms with van der Waals surface area (Å²) >= 11 is 12.1. The molecule has 1 aliphatic rings. The highest BCUT2D eigenvalue weighted by molar-refractivity contribution is 6.38. The van der Waals surface area contributed by atoms with Gasteiger partial charge in [0, 0.05) is 38.8 Å². The molecule has 0 radical (unpaired) electrons. The molecule has 12 heteroatoms. The number of azo groups is 1. The van der Waals surface area contributed by atoms with Gasteiger partial charge in [0.1, 0.15) is 5.69 Å². The van der Waals surface area contributed by atoms with Gasteiger partial charge in [0.25, 0.3) is 0 Å². The third-order valence-electron chi connectivity index (χ3n) is 5.15. The van der Waals surface area contributed by atoms with Gasteiger partial charge in [0.2, 0.25) is 0 Å². The van der Waals surface area contributed by atoms with Crippen molar-refractivity contribution in [3.8, 4) is 0 Å². The van der Waals surface area contributed by atoms with Crippen LogP contribution in [0.1, 0.15) is 36.2 Å². The van der Waals surface area contributed by atoms with Crippen LogP contribution in [0.2, 0.25) is 10.0 Å². The lowest BCUT2D eigenvalue weighted by Crippen LogP contribution is -2.34. The molecule has 1 aromatic carbocycles. The molecule has 1 saturated carbocycles. The van der Waals surface area contributed by atoms with Crippen LogP contribution in [0.25, 0.3) is 31.8 Å². The van der Waals surface area contributed by atoms with Gasteiger partial charge in [-0.05, 0) is 60.4 Å². The first-order valence-electron chi connectivity index (χ1n) is 8.91. The number of aromatic nitrogens is 1. The topological polar surface area (TPSA) is 155 Å². The molecule has 29 heavy (non-hydrogen) atoms. The molecule has 1 fully saturated rings. The predicted octanol–water partition coefficient (Wildman–Crippen LogP) is 6.62. The van der Waals surface area contributed by atoms with Crippen molar-refractivity contribution < 1.29 is 4.79 Å². The molecule has 1 heterocycles. The van der Waals surface area contributed by atoms with Crippen molar-refractivity contribution in [1.29, 1.82) is 0 Å². The minimum Gasteiger partial charge on any atom is -0.350 e. The zero-order valence-corrected chi connectivity index (χ0v) is 16.8. The molecule has 0 bridgehead atoms. The summed E-state index contributed by atoms with van der Waals surface area (Å²) in [6.07, 6.45) is 2.66. The van der Waals surface area contributed by atoms with Crippen LogP contribution in [0.5, 0.6) is 0 Å². The molecular weight excluding hydrogens is 417 g/mol. The van der Waals surface area contributed by atoms with E-state index in [4.69, 9.17) is 34.3 Å². The molecule has 1 aliphatic carbocycles. The Kier molecular flexibility index (Phi) is 6.61. The molecule has 1 amide bonds. The molecule has 0 spiro atoms. The largest absolute Gasteiger partial charge is 0.350 e. The van der Waals surface area contributed by atoms with Crippen LogP contribution in [0, 0.1) is 5.41 Å². The number of halogens is 2. The van der Waals surface area contributed by atoms with Gasteiger partial charge in [0.05, 0.1) is 11.1 Å². The van der Waals surface area contributed by atoms with Crippen LogP contribution in [-0.2, 0) is 0 Å². The van der Waals surface area contributed by atoms with E-state index in [9.17, 15) is 4.79 Å². The lowest BCUT2D eigenvalue weighted by atomic mass is 9.72. The Morgan fingerprint density at radius 2 is 1.79 bits per heavy atom. The number of hydrogen-bond donors (Lipinski definition) is 1. The Bertz CT molecular complexity index is 1020. The fraction of sp³-hybridized carbons (Fsp3) is 0.471. The van der Waals surface area contributed by atoms with Crippen LogP contribution in [-0.4, -0.2) is 30.0 Å². The third-order valence-corrected chi connectivity index (χ3v) is 5.68. The minimum atomic E-state index is -0.492. The lowest BCUT2D eigenvalue weighted by Gasteiger charge is -2.36. The predicted molar refractivity (Wildman–Crippen MR) is 110 cm³/mol. The van der Waals surface area contributed by atoms with E-state index in [1.54, 1.807) is 18.2 Å². The quantitative estimate of drug-likeness (QED) is 0.303. The van der Waals surface area contributed by atoms with E-state index in [0.717, 1.165) is 0 Å². The minimum absolute atomic E-state index is 0.119. The Morgan fingerprint density at radius 1 is 1.14 bits per heavy atom. The van der Waals surface area contributed by atoms with E-state index < -0.39 is 5.91 Å². The van der Waals surface area contributed by atoms with Gasteiger partial charge in [-0.15, -0.1) is 5.11 Å². The Balaban J connectivity index is 1.66. The highest BCUT2D eigenvalue weighted by Gasteiger charge is 2.34. The fourth-order valence-electron chi connectivity index (χ4n) is 3.52. The van der Waals surface area contributed by atoms with E-state index in [2.05, 4.69) is 35.3 Å². The second-order valence-electron chi connectivity index (χ2n) is 7.06. The standard InChI is InChI=1S/C17H17Cl2N9O/c18-10-5-13(19)12-7-15(24-14(12)6-10)16(29)26-25-11-1-3-17(4-2-11,8-22-27-20)9-23-28-21/h5-7,11,24H,1-4,8-9H2.